The van der Waals surface area contributed by atoms with Gasteiger partial charge in [0.2, 0.25) is 0 Å². The predicted octanol–water partition coefficient (Wildman–Crippen LogP) is 3.47. The first-order chi connectivity index (χ1) is 15.6. The van der Waals surface area contributed by atoms with Gasteiger partial charge >= 0.3 is 0 Å². The molecule has 32 heavy (non-hydrogen) atoms. The maximum absolute atomic E-state index is 12.2. The Morgan fingerprint density at radius 3 is 2.75 bits per heavy atom. The van der Waals surface area contributed by atoms with Gasteiger partial charge in [-0.15, -0.1) is 0 Å². The lowest BCUT2D eigenvalue weighted by molar-refractivity contribution is 0.900. The number of rotatable bonds is 5. The van der Waals surface area contributed by atoms with Crippen LogP contribution in [-0.2, 0) is 6.54 Å². The lowest BCUT2D eigenvalue weighted by Gasteiger charge is -2.15. The van der Waals surface area contributed by atoms with Gasteiger partial charge in [-0.2, -0.15) is 5.10 Å². The highest BCUT2D eigenvalue weighted by atomic mass is 32.1. The largest absolute Gasteiger partial charge is 0.404 e. The molecule has 8 nitrogen and oxygen atoms in total. The van der Waals surface area contributed by atoms with Crippen LogP contribution in [0.2, 0.25) is 0 Å². The summed E-state index contributed by atoms with van der Waals surface area (Å²) in [7, 11) is 1.66. The van der Waals surface area contributed by atoms with E-state index in [0.29, 0.717) is 39.0 Å². The molecule has 0 atom stereocenters. The van der Waals surface area contributed by atoms with Gasteiger partial charge in [0.25, 0.3) is 5.56 Å². The van der Waals surface area contributed by atoms with Crippen molar-refractivity contribution in [1.29, 1.82) is 0 Å². The Morgan fingerprint density at radius 1 is 1.25 bits per heavy atom. The molecule has 4 aromatic rings. The van der Waals surface area contributed by atoms with Crippen LogP contribution in [-0.4, -0.2) is 27.3 Å². The number of aromatic nitrogens is 3. The SMILES string of the molecule is [C-]#[N+]c1ccc(-c2cnsc2)cc1C(=NC)/C(=C\N)c1ccc2c(=O)[nH]nc(CN)c2c1. The Hall–Kier alpha value is -4.13. The zero-order chi connectivity index (χ0) is 22.7. The Bertz CT molecular complexity index is 1460. The number of fused-ring (bicyclic) bond motifs is 1. The van der Waals surface area contributed by atoms with Gasteiger partial charge in [-0.25, -0.2) is 14.3 Å². The molecule has 0 radical (unpaired) electrons. The molecule has 9 heteroatoms. The van der Waals surface area contributed by atoms with Crippen LogP contribution in [0.1, 0.15) is 16.8 Å². The molecule has 0 aliphatic heterocycles. The summed E-state index contributed by atoms with van der Waals surface area (Å²) in [6, 6.07) is 10.9. The Morgan fingerprint density at radius 2 is 2.09 bits per heavy atom. The summed E-state index contributed by atoms with van der Waals surface area (Å²) in [5, 5.41) is 9.60. The fraction of sp³-hybridized carbons (Fsp3) is 0.0870. The summed E-state index contributed by atoms with van der Waals surface area (Å²) >= 11 is 1.36. The molecule has 0 spiro atoms. The van der Waals surface area contributed by atoms with Crippen LogP contribution in [0.5, 0.6) is 0 Å². The minimum absolute atomic E-state index is 0.172. The number of hydrogen-bond donors (Lipinski definition) is 3. The third-order valence-corrected chi connectivity index (χ3v) is 5.74. The number of aliphatic imine (C=N–C) groups is 1. The van der Waals surface area contributed by atoms with E-state index in [1.807, 2.05) is 23.6 Å². The predicted molar refractivity (Wildman–Crippen MR) is 129 cm³/mol. The number of aromatic amines is 1. The van der Waals surface area contributed by atoms with E-state index in [1.54, 1.807) is 31.4 Å². The molecule has 0 aliphatic carbocycles. The molecule has 2 heterocycles. The van der Waals surface area contributed by atoms with Crippen LogP contribution >= 0.6 is 11.5 Å². The van der Waals surface area contributed by atoms with Crippen LogP contribution < -0.4 is 17.0 Å². The van der Waals surface area contributed by atoms with Gasteiger partial charge in [0.1, 0.15) is 0 Å². The lowest BCUT2D eigenvalue weighted by Crippen LogP contribution is -2.14. The fourth-order valence-electron chi connectivity index (χ4n) is 3.59. The number of nitrogens with two attached hydrogens (primary N) is 2. The highest BCUT2D eigenvalue weighted by Crippen LogP contribution is 2.32. The van der Waals surface area contributed by atoms with Crippen molar-refractivity contribution in [1.82, 2.24) is 14.6 Å². The van der Waals surface area contributed by atoms with Crippen LogP contribution in [0.4, 0.5) is 5.69 Å². The average molecular weight is 442 g/mol. The van der Waals surface area contributed by atoms with Gasteiger partial charge in [0.15, 0.2) is 5.69 Å². The van der Waals surface area contributed by atoms with E-state index in [4.69, 9.17) is 18.0 Å². The van der Waals surface area contributed by atoms with Gasteiger partial charge in [-0.3, -0.25) is 9.79 Å². The average Bonchev–Trinajstić information content (AvgIpc) is 3.37. The van der Waals surface area contributed by atoms with Crippen molar-refractivity contribution in [2.24, 2.45) is 16.5 Å². The maximum Gasteiger partial charge on any atom is 0.272 e. The van der Waals surface area contributed by atoms with Crippen molar-refractivity contribution in [3.63, 3.8) is 0 Å². The maximum atomic E-state index is 12.2. The van der Waals surface area contributed by atoms with Crippen LogP contribution in [0.25, 0.3) is 32.3 Å². The highest BCUT2D eigenvalue weighted by Gasteiger charge is 2.18. The van der Waals surface area contributed by atoms with Crippen LogP contribution in [0, 0.1) is 6.57 Å². The first-order valence-corrected chi connectivity index (χ1v) is 10.5. The van der Waals surface area contributed by atoms with Crippen molar-refractivity contribution >= 4 is 39.3 Å². The smallest absolute Gasteiger partial charge is 0.272 e. The number of hydrogen-bond acceptors (Lipinski definition) is 7. The number of benzene rings is 2. The standard InChI is InChI=1S/C23H19N7OS/c1-26-20-6-4-13(15-11-28-32-12-15)7-18(20)22(27-2)19(9-24)14-3-5-16-17(8-14)21(10-25)29-30-23(16)31/h3-9,11-12H,10,24-25H2,2H3,(H,30,31)/b19-9-,27-22?. The Kier molecular flexibility index (Phi) is 5.89. The summed E-state index contributed by atoms with van der Waals surface area (Å²) in [6.45, 7) is 7.81. The molecule has 0 saturated carbocycles. The molecular formula is C23H19N7OS. The normalized spacial score (nSPS) is 12.2. The topological polar surface area (TPSA) is 127 Å². The molecule has 4 rings (SSSR count). The van der Waals surface area contributed by atoms with Gasteiger partial charge in [-0.05, 0) is 34.8 Å². The highest BCUT2D eigenvalue weighted by molar-refractivity contribution is 7.03. The monoisotopic (exact) mass is 441 g/mol. The molecule has 0 saturated heterocycles. The van der Waals surface area contributed by atoms with Crippen molar-refractivity contribution < 1.29 is 0 Å². The molecule has 0 aliphatic rings. The zero-order valence-corrected chi connectivity index (χ0v) is 18.0. The van der Waals surface area contributed by atoms with E-state index in [9.17, 15) is 4.79 Å². The van der Waals surface area contributed by atoms with Crippen molar-refractivity contribution in [2.45, 2.75) is 6.54 Å². The van der Waals surface area contributed by atoms with E-state index in [1.165, 1.54) is 17.7 Å². The van der Waals surface area contributed by atoms with E-state index < -0.39 is 0 Å². The second-order valence-corrected chi connectivity index (χ2v) is 7.53. The molecule has 2 aromatic carbocycles. The number of nitrogens with one attached hydrogen (secondary N) is 1. The van der Waals surface area contributed by atoms with Crippen molar-refractivity contribution in [3.05, 3.63) is 92.8 Å². The summed E-state index contributed by atoms with van der Waals surface area (Å²) in [5.41, 5.74) is 17.1. The summed E-state index contributed by atoms with van der Waals surface area (Å²) in [5.74, 6) is 0. The summed E-state index contributed by atoms with van der Waals surface area (Å²) in [6.07, 6.45) is 3.24. The van der Waals surface area contributed by atoms with E-state index >= 15 is 0 Å². The summed E-state index contributed by atoms with van der Waals surface area (Å²) in [4.78, 5) is 20.3. The molecule has 0 unspecified atom stereocenters. The zero-order valence-electron chi connectivity index (χ0n) is 17.2. The number of H-pyrrole nitrogens is 1. The quantitative estimate of drug-likeness (QED) is 0.323. The number of allylic oxidation sites excluding steroid dienone is 1. The van der Waals surface area contributed by atoms with Gasteiger partial charge in [0, 0.05) is 53.5 Å². The van der Waals surface area contributed by atoms with Crippen molar-refractivity contribution in [3.8, 4) is 11.1 Å². The van der Waals surface area contributed by atoms with Crippen LogP contribution in [0.15, 0.2) is 64.0 Å². The molecule has 158 valence electrons. The van der Waals surface area contributed by atoms with E-state index in [-0.39, 0.29) is 12.1 Å². The van der Waals surface area contributed by atoms with Crippen LogP contribution in [0.3, 0.4) is 0 Å². The molecule has 0 bridgehead atoms. The van der Waals surface area contributed by atoms with Gasteiger partial charge in [0.05, 0.1) is 23.4 Å². The lowest BCUT2D eigenvalue weighted by atomic mass is 9.92. The molecule has 5 N–H and O–H groups in total. The Labute approximate surface area is 187 Å². The summed E-state index contributed by atoms with van der Waals surface area (Å²) < 4.78 is 4.16. The van der Waals surface area contributed by atoms with E-state index in [2.05, 4.69) is 24.4 Å². The second kappa shape index (κ2) is 8.93. The Balaban J connectivity index is 1.89. The molecule has 0 amide bonds. The van der Waals surface area contributed by atoms with Gasteiger partial charge in [-0.1, -0.05) is 24.3 Å². The fourth-order valence-corrected chi connectivity index (χ4v) is 4.14. The first-order valence-electron chi connectivity index (χ1n) is 9.63. The molecular weight excluding hydrogens is 422 g/mol. The second-order valence-electron chi connectivity index (χ2n) is 6.87. The number of nitrogens with zero attached hydrogens (tertiary/aromatic N) is 4. The van der Waals surface area contributed by atoms with Crippen molar-refractivity contribution in [2.75, 3.05) is 7.05 Å². The van der Waals surface area contributed by atoms with Gasteiger partial charge < -0.3 is 11.5 Å². The minimum Gasteiger partial charge on any atom is -0.404 e. The minimum atomic E-state index is -0.293. The van der Waals surface area contributed by atoms with E-state index in [0.717, 1.165) is 16.7 Å². The third-order valence-electron chi connectivity index (χ3n) is 5.16. The molecule has 0 fully saturated rings. The first kappa shape index (κ1) is 21.1. The third kappa shape index (κ3) is 3.69. The molecule has 2 aromatic heterocycles.